The largest absolute Gasteiger partial charge is 0.327 e. The Kier molecular flexibility index (Phi) is 3.47. The summed E-state index contributed by atoms with van der Waals surface area (Å²) in [6.07, 6.45) is 1.21. The molecule has 0 spiro atoms. The van der Waals surface area contributed by atoms with Crippen LogP contribution in [0.5, 0.6) is 0 Å². The van der Waals surface area contributed by atoms with E-state index in [1.54, 1.807) is 11.8 Å². The van der Waals surface area contributed by atoms with E-state index >= 15 is 0 Å². The molecule has 1 aromatic carbocycles. The van der Waals surface area contributed by atoms with Gasteiger partial charge in [0.2, 0.25) is 0 Å². The smallest absolute Gasteiger partial charge is 0.140 e. The van der Waals surface area contributed by atoms with Crippen molar-refractivity contribution in [1.29, 1.82) is 0 Å². The summed E-state index contributed by atoms with van der Waals surface area (Å²) in [5, 5.41) is 0. The number of hydrogen-bond acceptors (Lipinski definition) is 2. The van der Waals surface area contributed by atoms with Crippen LogP contribution < -0.4 is 4.90 Å². The van der Waals surface area contributed by atoms with Gasteiger partial charge in [-0.3, -0.25) is 0 Å². The van der Waals surface area contributed by atoms with Crippen LogP contribution in [0.15, 0.2) is 28.7 Å². The third-order valence-electron chi connectivity index (χ3n) is 2.11. The molecule has 2 rings (SSSR count). The molecule has 0 radical (unpaired) electrons. The third kappa shape index (κ3) is 2.30. The van der Waals surface area contributed by atoms with Crippen LogP contribution in [0.25, 0.3) is 0 Å². The Bertz CT molecular complexity index is 336. The van der Waals surface area contributed by atoms with Crippen LogP contribution >= 0.6 is 39.9 Å². The fourth-order valence-electron chi connectivity index (χ4n) is 1.41. The number of benzene rings is 1. The maximum Gasteiger partial charge on any atom is 0.140 e. The zero-order valence-electron chi connectivity index (χ0n) is 7.57. The van der Waals surface area contributed by atoms with Gasteiger partial charge in [-0.1, -0.05) is 39.9 Å². The normalized spacial score (nSPS) is 17.2. The lowest BCUT2D eigenvalue weighted by atomic mass is 10.3. The van der Waals surface area contributed by atoms with Crippen molar-refractivity contribution >= 4 is 49.9 Å². The summed E-state index contributed by atoms with van der Waals surface area (Å²) in [4.78, 5) is 2.20. The maximum atomic E-state index is 5.32. The average molecular weight is 288 g/mol. The fourth-order valence-corrected chi connectivity index (χ4v) is 2.92. The molecule has 0 bridgehead atoms. The van der Waals surface area contributed by atoms with Gasteiger partial charge >= 0.3 is 0 Å². The van der Waals surface area contributed by atoms with E-state index in [0.717, 1.165) is 21.1 Å². The van der Waals surface area contributed by atoms with E-state index in [1.165, 1.54) is 12.1 Å². The Balaban J connectivity index is 2.20. The van der Waals surface area contributed by atoms with Gasteiger partial charge in [-0.05, 0) is 30.7 Å². The molecule has 0 aliphatic carbocycles. The van der Waals surface area contributed by atoms with Crippen LogP contribution in [-0.4, -0.2) is 16.6 Å². The molecule has 0 atom stereocenters. The first-order chi connectivity index (χ1) is 6.77. The third-order valence-corrected chi connectivity index (χ3v) is 4.17. The Morgan fingerprint density at radius 3 is 2.64 bits per heavy atom. The summed E-state index contributed by atoms with van der Waals surface area (Å²) < 4.78 is 2.11. The van der Waals surface area contributed by atoms with Gasteiger partial charge in [0.05, 0.1) is 0 Å². The molecule has 0 N–H and O–H groups in total. The van der Waals surface area contributed by atoms with Gasteiger partial charge in [0, 0.05) is 22.5 Å². The molecular formula is C10H10BrNS2. The van der Waals surface area contributed by atoms with Crippen molar-refractivity contribution in [2.75, 3.05) is 17.2 Å². The summed E-state index contributed by atoms with van der Waals surface area (Å²) in [5.74, 6) is 1.16. The monoisotopic (exact) mass is 287 g/mol. The van der Waals surface area contributed by atoms with Crippen molar-refractivity contribution in [1.82, 2.24) is 0 Å². The van der Waals surface area contributed by atoms with Crippen molar-refractivity contribution in [2.45, 2.75) is 6.42 Å². The predicted octanol–water partition coefficient (Wildman–Crippen LogP) is 3.68. The summed E-state index contributed by atoms with van der Waals surface area (Å²) in [6, 6.07) is 8.30. The average Bonchev–Trinajstić information content (AvgIpc) is 2.20. The molecule has 14 heavy (non-hydrogen) atoms. The minimum Gasteiger partial charge on any atom is -0.327 e. The molecule has 0 unspecified atom stereocenters. The number of hydrogen-bond donors (Lipinski definition) is 0. The van der Waals surface area contributed by atoms with Gasteiger partial charge in [-0.25, -0.2) is 0 Å². The van der Waals surface area contributed by atoms with Crippen LogP contribution in [0.3, 0.4) is 0 Å². The van der Waals surface area contributed by atoms with Crippen molar-refractivity contribution < 1.29 is 0 Å². The number of nitrogens with zero attached hydrogens (tertiary/aromatic N) is 1. The molecular weight excluding hydrogens is 278 g/mol. The van der Waals surface area contributed by atoms with Crippen LogP contribution in [0.4, 0.5) is 5.69 Å². The lowest BCUT2D eigenvalue weighted by Crippen LogP contribution is -2.32. The zero-order valence-corrected chi connectivity index (χ0v) is 10.8. The SMILES string of the molecule is S=C1SCCCN1c1ccc(Br)cc1. The quantitative estimate of drug-likeness (QED) is 0.726. The molecule has 1 aliphatic heterocycles. The zero-order chi connectivity index (χ0) is 9.97. The van der Waals surface area contributed by atoms with Gasteiger partial charge in [-0.15, -0.1) is 0 Å². The van der Waals surface area contributed by atoms with Crippen LogP contribution in [-0.2, 0) is 0 Å². The van der Waals surface area contributed by atoms with E-state index in [-0.39, 0.29) is 0 Å². The second-order valence-electron chi connectivity index (χ2n) is 3.10. The lowest BCUT2D eigenvalue weighted by Gasteiger charge is -2.28. The predicted molar refractivity (Wildman–Crippen MR) is 71.2 cm³/mol. The summed E-state index contributed by atoms with van der Waals surface area (Å²) >= 11 is 10.5. The highest BCUT2D eigenvalue weighted by molar-refractivity contribution is 9.10. The van der Waals surface area contributed by atoms with Gasteiger partial charge in [0.25, 0.3) is 0 Å². The van der Waals surface area contributed by atoms with Crippen molar-refractivity contribution in [3.63, 3.8) is 0 Å². The number of halogens is 1. The second kappa shape index (κ2) is 4.64. The van der Waals surface area contributed by atoms with E-state index in [2.05, 4.69) is 45.1 Å². The number of thiocarbonyl (C=S) groups is 1. The Hall–Kier alpha value is -0.0600. The summed E-state index contributed by atoms with van der Waals surface area (Å²) in [5.41, 5.74) is 1.20. The first-order valence-corrected chi connectivity index (χ1v) is 6.66. The molecule has 1 saturated heterocycles. The van der Waals surface area contributed by atoms with Gasteiger partial charge in [-0.2, -0.15) is 0 Å². The minimum atomic E-state index is 0.999. The number of thioether (sulfide) groups is 1. The molecule has 1 fully saturated rings. The minimum absolute atomic E-state index is 0.999. The molecule has 0 saturated carbocycles. The molecule has 1 aliphatic rings. The lowest BCUT2D eigenvalue weighted by molar-refractivity contribution is 0.913. The van der Waals surface area contributed by atoms with Gasteiger partial charge in [0.15, 0.2) is 0 Å². The summed E-state index contributed by atoms with van der Waals surface area (Å²) in [7, 11) is 0. The first-order valence-electron chi connectivity index (χ1n) is 4.47. The summed E-state index contributed by atoms with van der Waals surface area (Å²) in [6.45, 7) is 1.05. The standard InChI is InChI=1S/C10H10BrNS2/c11-8-2-4-9(5-3-8)12-6-1-7-14-10(12)13/h2-5H,1,6-7H2. The highest BCUT2D eigenvalue weighted by Gasteiger charge is 2.16. The van der Waals surface area contributed by atoms with Gasteiger partial charge < -0.3 is 4.90 Å². The van der Waals surface area contributed by atoms with Crippen LogP contribution in [0, 0.1) is 0 Å². The molecule has 1 nitrogen and oxygen atoms in total. The number of anilines is 1. The Morgan fingerprint density at radius 2 is 2.00 bits per heavy atom. The van der Waals surface area contributed by atoms with Crippen molar-refractivity contribution in [3.05, 3.63) is 28.7 Å². The van der Waals surface area contributed by atoms with E-state index in [9.17, 15) is 0 Å². The van der Waals surface area contributed by atoms with Crippen LogP contribution in [0.2, 0.25) is 0 Å². The van der Waals surface area contributed by atoms with E-state index in [4.69, 9.17) is 12.2 Å². The molecule has 0 aromatic heterocycles. The molecule has 4 heteroatoms. The number of rotatable bonds is 1. The van der Waals surface area contributed by atoms with Gasteiger partial charge in [0.1, 0.15) is 4.32 Å². The fraction of sp³-hybridized carbons (Fsp3) is 0.300. The molecule has 0 amide bonds. The molecule has 1 aromatic rings. The highest BCUT2D eigenvalue weighted by atomic mass is 79.9. The molecule has 74 valence electrons. The topological polar surface area (TPSA) is 3.24 Å². The first kappa shape index (κ1) is 10.5. The Morgan fingerprint density at radius 1 is 1.29 bits per heavy atom. The Labute approximate surface area is 102 Å². The maximum absolute atomic E-state index is 5.32. The molecule has 1 heterocycles. The van der Waals surface area contributed by atoms with E-state index in [1.807, 2.05) is 0 Å². The highest BCUT2D eigenvalue weighted by Crippen LogP contribution is 2.25. The van der Waals surface area contributed by atoms with Crippen LogP contribution in [0.1, 0.15) is 6.42 Å². The van der Waals surface area contributed by atoms with E-state index in [0.29, 0.717) is 0 Å². The second-order valence-corrected chi connectivity index (χ2v) is 5.74. The van der Waals surface area contributed by atoms with E-state index < -0.39 is 0 Å². The van der Waals surface area contributed by atoms with Crippen molar-refractivity contribution in [2.24, 2.45) is 0 Å². The van der Waals surface area contributed by atoms with Crippen molar-refractivity contribution in [3.8, 4) is 0 Å².